The molecule has 2 atom stereocenters. The Morgan fingerprint density at radius 2 is 1.82 bits per heavy atom. The lowest BCUT2D eigenvalue weighted by Gasteiger charge is -2.19. The highest BCUT2D eigenvalue weighted by molar-refractivity contribution is 6.30. The molecular weight excluding hydrogens is 450 g/mol. The Kier molecular flexibility index (Phi) is 6.26. The van der Waals surface area contributed by atoms with E-state index < -0.39 is 6.10 Å². The Bertz CT molecular complexity index is 1320. The third kappa shape index (κ3) is 4.52. The van der Waals surface area contributed by atoms with Crippen molar-refractivity contribution in [3.63, 3.8) is 0 Å². The van der Waals surface area contributed by atoms with Gasteiger partial charge < -0.3 is 19.3 Å². The lowest BCUT2D eigenvalue weighted by molar-refractivity contribution is -0.117. The summed E-state index contributed by atoms with van der Waals surface area (Å²) in [4.78, 5) is 19.5. The van der Waals surface area contributed by atoms with Crippen LogP contribution >= 0.6 is 11.6 Å². The normalized spacial score (nSPS) is 16.9. The Morgan fingerprint density at radius 3 is 2.62 bits per heavy atom. The molecule has 6 nitrogen and oxygen atoms in total. The third-order valence-electron chi connectivity index (χ3n) is 6.23. The van der Waals surface area contributed by atoms with Crippen molar-refractivity contribution < 1.29 is 14.6 Å². The molecule has 0 bridgehead atoms. The minimum absolute atomic E-state index is 0.0503. The fraction of sp³-hybridized carbons (Fsp3) is 0.259. The van der Waals surface area contributed by atoms with E-state index in [1.807, 2.05) is 72.2 Å². The molecule has 1 saturated heterocycles. The van der Waals surface area contributed by atoms with Gasteiger partial charge in [0.05, 0.1) is 17.6 Å². The highest BCUT2D eigenvalue weighted by atomic mass is 35.5. The number of anilines is 1. The van der Waals surface area contributed by atoms with E-state index in [-0.39, 0.29) is 18.4 Å². The largest absolute Gasteiger partial charge is 0.491 e. The number of ether oxygens (including phenoxy) is 1. The number of hydrogen-bond donors (Lipinski definition) is 1. The summed E-state index contributed by atoms with van der Waals surface area (Å²) in [5.74, 6) is 1.53. The van der Waals surface area contributed by atoms with Crippen LogP contribution in [0.15, 0.2) is 72.8 Å². The maximum absolute atomic E-state index is 12.9. The lowest BCUT2D eigenvalue weighted by atomic mass is 10.1. The van der Waals surface area contributed by atoms with Crippen molar-refractivity contribution >= 4 is 34.2 Å². The zero-order valence-corrected chi connectivity index (χ0v) is 19.7. The van der Waals surface area contributed by atoms with Gasteiger partial charge in [0.15, 0.2) is 0 Å². The first kappa shape index (κ1) is 22.4. The summed E-state index contributed by atoms with van der Waals surface area (Å²) in [5, 5.41) is 11.5. The standard InChI is InChI=1S/C27H26ClN3O3/c1-18-6-2-5-9-25(18)34-17-22(32)16-31-24-8-4-3-7-23(24)29-27(31)19-14-26(33)30(15-19)21-12-10-20(28)11-13-21/h2-13,19,22,32H,14-17H2,1H3/t19-,22-/m0/s1. The van der Waals surface area contributed by atoms with Crippen molar-refractivity contribution in [2.75, 3.05) is 18.1 Å². The first-order valence-electron chi connectivity index (χ1n) is 11.4. The number of rotatable bonds is 7. The van der Waals surface area contributed by atoms with Crippen LogP contribution in [-0.2, 0) is 11.3 Å². The summed E-state index contributed by atoms with van der Waals surface area (Å²) in [6.07, 6.45) is -0.373. The van der Waals surface area contributed by atoms with Gasteiger partial charge in [-0.15, -0.1) is 0 Å². The zero-order chi connectivity index (χ0) is 23.7. The average molecular weight is 476 g/mol. The molecule has 34 heavy (non-hydrogen) atoms. The van der Waals surface area contributed by atoms with Crippen LogP contribution in [0.25, 0.3) is 11.0 Å². The summed E-state index contributed by atoms with van der Waals surface area (Å²) in [7, 11) is 0. The smallest absolute Gasteiger partial charge is 0.227 e. The molecule has 1 N–H and O–H groups in total. The van der Waals surface area contributed by atoms with Crippen LogP contribution in [-0.4, -0.2) is 39.8 Å². The van der Waals surface area contributed by atoms with Crippen LogP contribution in [0.1, 0.15) is 23.7 Å². The number of amides is 1. The lowest BCUT2D eigenvalue weighted by Crippen LogP contribution is -2.26. The Morgan fingerprint density at radius 1 is 1.09 bits per heavy atom. The van der Waals surface area contributed by atoms with Crippen LogP contribution in [0, 0.1) is 6.92 Å². The second kappa shape index (κ2) is 9.49. The van der Waals surface area contributed by atoms with Gasteiger partial charge in [0.1, 0.15) is 24.3 Å². The first-order chi connectivity index (χ1) is 16.5. The molecule has 7 heteroatoms. The molecule has 1 fully saturated rings. The molecule has 0 spiro atoms. The van der Waals surface area contributed by atoms with Crippen LogP contribution in [0.3, 0.4) is 0 Å². The maximum atomic E-state index is 12.9. The number of nitrogens with zero attached hydrogens (tertiary/aromatic N) is 3. The number of carbonyl (C=O) groups is 1. The molecule has 4 aromatic rings. The summed E-state index contributed by atoms with van der Waals surface area (Å²) in [6.45, 7) is 3.00. The van der Waals surface area contributed by atoms with E-state index in [1.54, 1.807) is 17.0 Å². The van der Waals surface area contributed by atoms with Gasteiger partial charge in [-0.3, -0.25) is 4.79 Å². The number of benzene rings is 3. The van der Waals surface area contributed by atoms with Gasteiger partial charge in [0, 0.05) is 29.6 Å². The first-order valence-corrected chi connectivity index (χ1v) is 11.7. The van der Waals surface area contributed by atoms with Crippen molar-refractivity contribution in [2.45, 2.75) is 31.9 Å². The van der Waals surface area contributed by atoms with E-state index in [0.717, 1.165) is 33.9 Å². The number of aromatic nitrogens is 2. The quantitative estimate of drug-likeness (QED) is 0.410. The summed E-state index contributed by atoms with van der Waals surface area (Å²) < 4.78 is 7.90. The van der Waals surface area contributed by atoms with Gasteiger partial charge in [-0.05, 0) is 55.0 Å². The minimum Gasteiger partial charge on any atom is -0.491 e. The highest BCUT2D eigenvalue weighted by Crippen LogP contribution is 2.33. The number of aliphatic hydroxyl groups is 1. The van der Waals surface area contributed by atoms with E-state index >= 15 is 0 Å². The van der Waals surface area contributed by atoms with E-state index in [1.165, 1.54) is 0 Å². The number of aliphatic hydroxyl groups excluding tert-OH is 1. The number of imidazole rings is 1. The topological polar surface area (TPSA) is 67.6 Å². The van der Waals surface area contributed by atoms with Crippen LogP contribution in [0.5, 0.6) is 5.75 Å². The van der Waals surface area contributed by atoms with Crippen LogP contribution < -0.4 is 9.64 Å². The number of halogens is 1. The van der Waals surface area contributed by atoms with Gasteiger partial charge in [-0.2, -0.15) is 0 Å². The van der Waals surface area contributed by atoms with Crippen LogP contribution in [0.4, 0.5) is 5.69 Å². The number of para-hydroxylation sites is 3. The molecule has 2 heterocycles. The van der Waals surface area contributed by atoms with E-state index in [4.69, 9.17) is 21.3 Å². The Balaban J connectivity index is 1.38. The third-order valence-corrected chi connectivity index (χ3v) is 6.48. The fourth-order valence-electron chi connectivity index (χ4n) is 4.52. The Labute approximate surface area is 203 Å². The summed E-state index contributed by atoms with van der Waals surface area (Å²) in [5.41, 5.74) is 3.63. The summed E-state index contributed by atoms with van der Waals surface area (Å²) in [6, 6.07) is 22.9. The number of carbonyl (C=O) groups excluding carboxylic acids is 1. The molecule has 1 aromatic heterocycles. The SMILES string of the molecule is Cc1ccccc1OC[C@@H](O)Cn1c([C@H]2CC(=O)N(c3ccc(Cl)cc3)C2)nc2ccccc21. The highest BCUT2D eigenvalue weighted by Gasteiger charge is 2.35. The van der Waals surface area contributed by atoms with Crippen molar-refractivity contribution in [1.29, 1.82) is 0 Å². The molecule has 0 saturated carbocycles. The average Bonchev–Trinajstić information content (AvgIpc) is 3.40. The molecule has 0 radical (unpaired) electrons. The van der Waals surface area contributed by atoms with Crippen molar-refractivity contribution in [2.24, 2.45) is 0 Å². The monoisotopic (exact) mass is 475 g/mol. The van der Waals surface area contributed by atoms with Gasteiger partial charge in [0.2, 0.25) is 5.91 Å². The van der Waals surface area contributed by atoms with Gasteiger partial charge in [0.25, 0.3) is 0 Å². The molecular formula is C27H26ClN3O3. The minimum atomic E-state index is -0.736. The number of fused-ring (bicyclic) bond motifs is 1. The van der Waals surface area contributed by atoms with Gasteiger partial charge in [-0.1, -0.05) is 41.9 Å². The molecule has 174 valence electrons. The van der Waals surface area contributed by atoms with Crippen LogP contribution in [0.2, 0.25) is 5.02 Å². The molecule has 5 rings (SSSR count). The van der Waals surface area contributed by atoms with E-state index in [2.05, 4.69) is 0 Å². The van der Waals surface area contributed by atoms with E-state index in [9.17, 15) is 9.90 Å². The fourth-order valence-corrected chi connectivity index (χ4v) is 4.64. The Hall–Kier alpha value is -3.35. The predicted octanol–water partition coefficient (Wildman–Crippen LogP) is 4.96. The van der Waals surface area contributed by atoms with Crippen molar-refractivity contribution in [3.8, 4) is 5.75 Å². The second-order valence-electron chi connectivity index (χ2n) is 8.68. The maximum Gasteiger partial charge on any atom is 0.227 e. The molecule has 3 aromatic carbocycles. The molecule has 0 aliphatic carbocycles. The molecule has 1 aliphatic heterocycles. The van der Waals surface area contributed by atoms with Gasteiger partial charge in [-0.25, -0.2) is 4.98 Å². The van der Waals surface area contributed by atoms with Gasteiger partial charge >= 0.3 is 0 Å². The zero-order valence-electron chi connectivity index (χ0n) is 18.9. The molecule has 1 amide bonds. The number of aryl methyl sites for hydroxylation is 1. The van der Waals surface area contributed by atoms with Crippen molar-refractivity contribution in [3.05, 3.63) is 89.2 Å². The molecule has 1 aliphatic rings. The predicted molar refractivity (Wildman–Crippen MR) is 134 cm³/mol. The summed E-state index contributed by atoms with van der Waals surface area (Å²) >= 11 is 6.02. The van der Waals surface area contributed by atoms with E-state index in [0.29, 0.717) is 24.5 Å². The van der Waals surface area contributed by atoms with Crippen molar-refractivity contribution in [1.82, 2.24) is 9.55 Å². The second-order valence-corrected chi connectivity index (χ2v) is 9.12. The number of hydrogen-bond acceptors (Lipinski definition) is 4. The molecule has 0 unspecified atom stereocenters.